The van der Waals surface area contributed by atoms with E-state index >= 15 is 0 Å². The van der Waals surface area contributed by atoms with Crippen LogP contribution in [-0.4, -0.2) is 29.7 Å². The molecule has 1 aliphatic rings. The van der Waals surface area contributed by atoms with Crippen LogP contribution in [0.2, 0.25) is 0 Å². The molecule has 1 saturated carbocycles. The summed E-state index contributed by atoms with van der Waals surface area (Å²) in [5.41, 5.74) is 0.222. The van der Waals surface area contributed by atoms with Crippen LogP contribution < -0.4 is 10.6 Å². The molecule has 0 bridgehead atoms. The highest BCUT2D eigenvalue weighted by molar-refractivity contribution is 5.82. The van der Waals surface area contributed by atoms with Crippen molar-refractivity contribution >= 4 is 12.0 Å². The van der Waals surface area contributed by atoms with Crippen LogP contribution in [0.1, 0.15) is 65.2 Å². The fourth-order valence-corrected chi connectivity index (χ4v) is 2.92. The maximum atomic E-state index is 11.9. The Balaban J connectivity index is 2.39. The number of aliphatic carboxylic acids is 1. The third-order valence-corrected chi connectivity index (χ3v) is 4.49. The fraction of sp³-hybridized carbons (Fsp3) is 0.867. The van der Waals surface area contributed by atoms with Crippen LogP contribution in [0, 0.1) is 5.41 Å². The lowest BCUT2D eigenvalue weighted by Gasteiger charge is -2.28. The van der Waals surface area contributed by atoms with Crippen molar-refractivity contribution in [1.82, 2.24) is 10.6 Å². The van der Waals surface area contributed by atoms with Gasteiger partial charge in [-0.05, 0) is 31.1 Å². The molecular weight excluding hydrogens is 256 g/mol. The van der Waals surface area contributed by atoms with Crippen molar-refractivity contribution in [1.29, 1.82) is 0 Å². The molecule has 20 heavy (non-hydrogen) atoms. The van der Waals surface area contributed by atoms with E-state index in [9.17, 15) is 9.59 Å². The van der Waals surface area contributed by atoms with Gasteiger partial charge in [0.15, 0.2) is 0 Å². The summed E-state index contributed by atoms with van der Waals surface area (Å²) in [6.07, 6.45) is 8.03. The molecule has 0 heterocycles. The van der Waals surface area contributed by atoms with E-state index in [1.807, 2.05) is 6.92 Å². The second-order valence-corrected chi connectivity index (χ2v) is 5.92. The van der Waals surface area contributed by atoms with Crippen molar-refractivity contribution in [3.63, 3.8) is 0 Å². The van der Waals surface area contributed by atoms with Gasteiger partial charge in [-0.3, -0.25) is 0 Å². The number of carboxylic acid groups (broad SMARTS) is 1. The number of hydrogen-bond donors (Lipinski definition) is 3. The summed E-state index contributed by atoms with van der Waals surface area (Å²) in [6.45, 7) is 4.81. The van der Waals surface area contributed by atoms with Crippen LogP contribution in [0.15, 0.2) is 0 Å². The van der Waals surface area contributed by atoms with E-state index in [2.05, 4.69) is 17.6 Å². The summed E-state index contributed by atoms with van der Waals surface area (Å²) in [5, 5.41) is 14.5. The zero-order chi connectivity index (χ0) is 15.0. The topological polar surface area (TPSA) is 78.4 Å². The van der Waals surface area contributed by atoms with Gasteiger partial charge in [-0.15, -0.1) is 0 Å². The number of nitrogens with one attached hydrogen (secondary N) is 2. The van der Waals surface area contributed by atoms with E-state index in [4.69, 9.17) is 5.11 Å². The predicted octanol–water partition coefficient (Wildman–Crippen LogP) is 2.90. The first-order chi connectivity index (χ1) is 9.53. The number of rotatable bonds is 8. The Bertz CT molecular complexity index is 325. The molecule has 1 rings (SSSR count). The van der Waals surface area contributed by atoms with Crippen molar-refractivity contribution in [3.05, 3.63) is 0 Å². The van der Waals surface area contributed by atoms with Gasteiger partial charge in [0, 0.05) is 6.54 Å². The van der Waals surface area contributed by atoms with Crippen molar-refractivity contribution in [3.8, 4) is 0 Å². The molecule has 0 aromatic carbocycles. The van der Waals surface area contributed by atoms with Gasteiger partial charge in [-0.1, -0.05) is 39.5 Å². The van der Waals surface area contributed by atoms with Crippen LogP contribution >= 0.6 is 0 Å². The largest absolute Gasteiger partial charge is 0.480 e. The zero-order valence-corrected chi connectivity index (χ0v) is 12.7. The maximum Gasteiger partial charge on any atom is 0.326 e. The molecule has 1 fully saturated rings. The maximum absolute atomic E-state index is 11.9. The third kappa shape index (κ3) is 5.02. The first-order valence-electron chi connectivity index (χ1n) is 7.80. The summed E-state index contributed by atoms with van der Waals surface area (Å²) in [7, 11) is 0. The Morgan fingerprint density at radius 2 is 1.90 bits per heavy atom. The quantitative estimate of drug-likeness (QED) is 0.641. The molecule has 0 saturated heterocycles. The number of unbranched alkanes of at least 4 members (excludes halogenated alkanes) is 1. The van der Waals surface area contributed by atoms with Gasteiger partial charge < -0.3 is 15.7 Å². The molecule has 0 radical (unpaired) electrons. The summed E-state index contributed by atoms with van der Waals surface area (Å²) < 4.78 is 0. The van der Waals surface area contributed by atoms with E-state index < -0.39 is 12.0 Å². The second-order valence-electron chi connectivity index (χ2n) is 5.92. The molecule has 2 amide bonds. The minimum atomic E-state index is -0.959. The Hall–Kier alpha value is -1.26. The molecule has 5 nitrogen and oxygen atoms in total. The average molecular weight is 284 g/mol. The van der Waals surface area contributed by atoms with Gasteiger partial charge in [0.05, 0.1) is 0 Å². The Kier molecular flexibility index (Phi) is 6.82. The van der Waals surface area contributed by atoms with Gasteiger partial charge in [-0.2, -0.15) is 0 Å². The number of carbonyl (C=O) groups excluding carboxylic acids is 1. The average Bonchev–Trinajstić information content (AvgIpc) is 2.90. The minimum Gasteiger partial charge on any atom is -0.480 e. The van der Waals surface area contributed by atoms with E-state index in [1.54, 1.807) is 0 Å². The Morgan fingerprint density at radius 1 is 1.25 bits per heavy atom. The Labute approximate surface area is 121 Å². The van der Waals surface area contributed by atoms with E-state index in [1.165, 1.54) is 12.8 Å². The highest BCUT2D eigenvalue weighted by Gasteiger charge is 2.32. The number of urea groups is 1. The molecule has 5 heteroatoms. The Morgan fingerprint density at radius 3 is 2.40 bits per heavy atom. The van der Waals surface area contributed by atoms with Crippen molar-refractivity contribution in [2.45, 2.75) is 71.3 Å². The summed E-state index contributed by atoms with van der Waals surface area (Å²) in [6, 6.07) is -1.13. The number of carboxylic acids is 1. The molecule has 116 valence electrons. The molecule has 1 atom stereocenters. The van der Waals surface area contributed by atoms with Crippen molar-refractivity contribution in [2.75, 3.05) is 6.54 Å². The number of hydrogen-bond acceptors (Lipinski definition) is 2. The van der Waals surface area contributed by atoms with Crippen LogP contribution in [-0.2, 0) is 4.79 Å². The summed E-state index contributed by atoms with van der Waals surface area (Å²) in [4.78, 5) is 22.9. The summed E-state index contributed by atoms with van der Waals surface area (Å²) >= 11 is 0. The SMILES string of the molecule is CCCC[C@H](NC(=O)NCC1(CC)CCCC1)C(=O)O. The van der Waals surface area contributed by atoms with Crippen LogP contribution in [0.25, 0.3) is 0 Å². The molecule has 0 unspecified atom stereocenters. The van der Waals surface area contributed by atoms with Crippen LogP contribution in [0.4, 0.5) is 4.79 Å². The van der Waals surface area contributed by atoms with Crippen LogP contribution in [0.3, 0.4) is 0 Å². The van der Waals surface area contributed by atoms with Gasteiger partial charge in [0.25, 0.3) is 0 Å². The van der Waals surface area contributed by atoms with E-state index in [0.29, 0.717) is 13.0 Å². The molecule has 3 N–H and O–H groups in total. The number of amides is 2. The first kappa shape index (κ1) is 16.8. The van der Waals surface area contributed by atoms with Gasteiger partial charge >= 0.3 is 12.0 Å². The lowest BCUT2D eigenvalue weighted by atomic mass is 9.83. The third-order valence-electron chi connectivity index (χ3n) is 4.49. The molecular formula is C15H28N2O3. The van der Waals surface area contributed by atoms with Gasteiger partial charge in [0.1, 0.15) is 6.04 Å². The van der Waals surface area contributed by atoms with E-state index in [0.717, 1.165) is 32.1 Å². The van der Waals surface area contributed by atoms with Crippen molar-refractivity contribution < 1.29 is 14.7 Å². The van der Waals surface area contributed by atoms with Gasteiger partial charge in [0.2, 0.25) is 0 Å². The minimum absolute atomic E-state index is 0.222. The number of carbonyl (C=O) groups is 2. The predicted molar refractivity (Wildman–Crippen MR) is 78.7 cm³/mol. The van der Waals surface area contributed by atoms with Gasteiger partial charge in [-0.25, -0.2) is 9.59 Å². The molecule has 0 aliphatic heterocycles. The monoisotopic (exact) mass is 284 g/mol. The molecule has 0 spiro atoms. The highest BCUT2D eigenvalue weighted by atomic mass is 16.4. The summed E-state index contributed by atoms with van der Waals surface area (Å²) in [5.74, 6) is -0.959. The highest BCUT2D eigenvalue weighted by Crippen LogP contribution is 2.40. The zero-order valence-electron chi connectivity index (χ0n) is 12.7. The standard InChI is InChI=1S/C15H28N2O3/c1-3-5-8-12(13(18)19)17-14(20)16-11-15(4-2)9-6-7-10-15/h12H,3-11H2,1-2H3,(H,18,19)(H2,16,17,20)/t12-/m0/s1. The molecule has 1 aliphatic carbocycles. The normalized spacial score (nSPS) is 18.5. The molecule has 0 aromatic rings. The van der Waals surface area contributed by atoms with Crippen molar-refractivity contribution in [2.24, 2.45) is 5.41 Å². The molecule has 0 aromatic heterocycles. The smallest absolute Gasteiger partial charge is 0.326 e. The lowest BCUT2D eigenvalue weighted by molar-refractivity contribution is -0.139. The van der Waals surface area contributed by atoms with Crippen LogP contribution in [0.5, 0.6) is 0 Å². The second kappa shape index (κ2) is 8.12. The van der Waals surface area contributed by atoms with E-state index in [-0.39, 0.29) is 11.4 Å². The fourth-order valence-electron chi connectivity index (χ4n) is 2.92. The first-order valence-corrected chi connectivity index (χ1v) is 7.80. The lowest BCUT2D eigenvalue weighted by Crippen LogP contribution is -2.48.